The molecule has 1 aliphatic heterocycles. The molecule has 5 heteroatoms. The van der Waals surface area contributed by atoms with Gasteiger partial charge in [0.15, 0.2) is 0 Å². The van der Waals surface area contributed by atoms with E-state index >= 15 is 0 Å². The molecule has 5 nitrogen and oxygen atoms in total. The van der Waals surface area contributed by atoms with Gasteiger partial charge in [-0.1, -0.05) is 24.3 Å². The summed E-state index contributed by atoms with van der Waals surface area (Å²) in [6.07, 6.45) is 0. The third kappa shape index (κ3) is 2.77. The van der Waals surface area contributed by atoms with E-state index in [2.05, 4.69) is 0 Å². The summed E-state index contributed by atoms with van der Waals surface area (Å²) in [5, 5.41) is 0. The van der Waals surface area contributed by atoms with E-state index in [1.165, 1.54) is 0 Å². The molecular formula is C19H21NO4. The molecular weight excluding hydrogens is 306 g/mol. The van der Waals surface area contributed by atoms with Gasteiger partial charge in [-0.25, -0.2) is 0 Å². The van der Waals surface area contributed by atoms with Crippen LogP contribution in [0, 0.1) is 0 Å². The van der Waals surface area contributed by atoms with Crippen molar-refractivity contribution in [1.29, 1.82) is 0 Å². The normalized spacial score (nSPS) is 16.6. The Kier molecular flexibility index (Phi) is 4.60. The Morgan fingerprint density at radius 1 is 1.08 bits per heavy atom. The van der Waals surface area contributed by atoms with Crippen LogP contribution in [0.3, 0.4) is 0 Å². The molecule has 1 atom stereocenters. The van der Waals surface area contributed by atoms with Gasteiger partial charge in [-0.2, -0.15) is 0 Å². The quantitative estimate of drug-likeness (QED) is 0.868. The van der Waals surface area contributed by atoms with Gasteiger partial charge in [0, 0.05) is 5.56 Å². The lowest BCUT2D eigenvalue weighted by molar-refractivity contribution is 0.0675. The third-order valence-electron chi connectivity index (χ3n) is 4.33. The van der Waals surface area contributed by atoms with Gasteiger partial charge in [0.1, 0.15) is 29.4 Å². The van der Waals surface area contributed by atoms with E-state index in [1.807, 2.05) is 31.2 Å². The minimum absolute atomic E-state index is 0.106. The van der Waals surface area contributed by atoms with Crippen LogP contribution >= 0.6 is 0 Å². The van der Waals surface area contributed by atoms with Crippen molar-refractivity contribution < 1.29 is 19.0 Å². The van der Waals surface area contributed by atoms with Gasteiger partial charge in [-0.15, -0.1) is 0 Å². The first-order valence-corrected chi connectivity index (χ1v) is 7.91. The van der Waals surface area contributed by atoms with Crippen LogP contribution in [-0.4, -0.2) is 38.2 Å². The maximum Gasteiger partial charge on any atom is 0.262 e. The number of methoxy groups -OCH3 is 2. The maximum absolute atomic E-state index is 13.2. The largest absolute Gasteiger partial charge is 0.496 e. The molecule has 0 radical (unpaired) electrons. The Morgan fingerprint density at radius 3 is 2.42 bits per heavy atom. The molecule has 24 heavy (non-hydrogen) atoms. The number of fused-ring (bicyclic) bond motifs is 1. The van der Waals surface area contributed by atoms with E-state index in [0.29, 0.717) is 30.2 Å². The van der Waals surface area contributed by atoms with E-state index in [1.54, 1.807) is 37.3 Å². The third-order valence-corrected chi connectivity index (χ3v) is 4.33. The SMILES string of the molecule is COc1cccc(OC)c1C(=O)N1CCOc2ccccc2C1C. The minimum atomic E-state index is -0.128. The highest BCUT2D eigenvalue weighted by atomic mass is 16.5. The number of rotatable bonds is 3. The van der Waals surface area contributed by atoms with Crippen LogP contribution < -0.4 is 14.2 Å². The van der Waals surface area contributed by atoms with Crippen LogP contribution in [-0.2, 0) is 0 Å². The topological polar surface area (TPSA) is 48.0 Å². The number of amides is 1. The van der Waals surface area contributed by atoms with E-state index < -0.39 is 0 Å². The van der Waals surface area contributed by atoms with Gasteiger partial charge >= 0.3 is 0 Å². The highest BCUT2D eigenvalue weighted by Crippen LogP contribution is 2.35. The van der Waals surface area contributed by atoms with E-state index in [-0.39, 0.29) is 11.9 Å². The van der Waals surface area contributed by atoms with Gasteiger partial charge in [0.05, 0.1) is 26.8 Å². The van der Waals surface area contributed by atoms with Crippen LogP contribution in [0.1, 0.15) is 28.9 Å². The molecule has 1 unspecified atom stereocenters. The van der Waals surface area contributed by atoms with E-state index in [9.17, 15) is 4.79 Å². The maximum atomic E-state index is 13.2. The zero-order chi connectivity index (χ0) is 17.1. The Hall–Kier alpha value is -2.69. The summed E-state index contributed by atoms with van der Waals surface area (Å²) in [6.45, 7) is 2.95. The van der Waals surface area contributed by atoms with Crippen molar-refractivity contribution in [3.8, 4) is 17.2 Å². The Balaban J connectivity index is 2.02. The lowest BCUT2D eigenvalue weighted by atomic mass is 10.0. The number of carbonyl (C=O) groups excluding carboxylic acids is 1. The second-order valence-electron chi connectivity index (χ2n) is 5.60. The highest BCUT2D eigenvalue weighted by molar-refractivity contribution is 6.00. The fourth-order valence-corrected chi connectivity index (χ4v) is 3.06. The molecule has 1 amide bonds. The number of hydrogen-bond acceptors (Lipinski definition) is 4. The van der Waals surface area contributed by atoms with Crippen LogP contribution in [0.4, 0.5) is 0 Å². The van der Waals surface area contributed by atoms with Gasteiger partial charge < -0.3 is 19.1 Å². The minimum Gasteiger partial charge on any atom is -0.496 e. The van der Waals surface area contributed by atoms with Gasteiger partial charge in [0.25, 0.3) is 5.91 Å². The molecule has 3 rings (SSSR count). The summed E-state index contributed by atoms with van der Waals surface area (Å²) in [4.78, 5) is 15.0. The first-order chi connectivity index (χ1) is 11.7. The predicted octanol–water partition coefficient (Wildman–Crippen LogP) is 3.30. The zero-order valence-electron chi connectivity index (χ0n) is 14.1. The van der Waals surface area contributed by atoms with Gasteiger partial charge in [-0.05, 0) is 25.1 Å². The fourth-order valence-electron chi connectivity index (χ4n) is 3.06. The Labute approximate surface area is 141 Å². The number of ether oxygens (including phenoxy) is 3. The number of nitrogens with zero attached hydrogens (tertiary/aromatic N) is 1. The molecule has 0 spiro atoms. The average Bonchev–Trinajstić information content (AvgIpc) is 2.79. The number of carbonyl (C=O) groups is 1. The van der Waals surface area contributed by atoms with Crippen molar-refractivity contribution in [1.82, 2.24) is 4.90 Å². The molecule has 0 N–H and O–H groups in total. The second kappa shape index (κ2) is 6.83. The molecule has 0 saturated heterocycles. The predicted molar refractivity (Wildman–Crippen MR) is 90.9 cm³/mol. The number of para-hydroxylation sites is 1. The van der Waals surface area contributed by atoms with Crippen LogP contribution in [0.25, 0.3) is 0 Å². The molecule has 2 aromatic carbocycles. The van der Waals surface area contributed by atoms with E-state index in [0.717, 1.165) is 11.3 Å². The Bertz CT molecular complexity index is 722. The first-order valence-electron chi connectivity index (χ1n) is 7.91. The molecule has 0 saturated carbocycles. The molecule has 126 valence electrons. The molecule has 1 heterocycles. The summed E-state index contributed by atoms with van der Waals surface area (Å²) in [6, 6.07) is 13.0. The van der Waals surface area contributed by atoms with Crippen LogP contribution in [0.2, 0.25) is 0 Å². The number of benzene rings is 2. The molecule has 1 aliphatic rings. The zero-order valence-corrected chi connectivity index (χ0v) is 14.1. The molecule has 0 aliphatic carbocycles. The van der Waals surface area contributed by atoms with Crippen molar-refractivity contribution in [2.75, 3.05) is 27.4 Å². The first kappa shape index (κ1) is 16.2. The lowest BCUT2D eigenvalue weighted by Crippen LogP contribution is -2.35. The monoisotopic (exact) mass is 327 g/mol. The fraction of sp³-hybridized carbons (Fsp3) is 0.316. The second-order valence-corrected chi connectivity index (χ2v) is 5.60. The van der Waals surface area contributed by atoms with Gasteiger partial charge in [0.2, 0.25) is 0 Å². The summed E-state index contributed by atoms with van der Waals surface area (Å²) in [5.41, 5.74) is 1.44. The summed E-state index contributed by atoms with van der Waals surface area (Å²) in [5.74, 6) is 1.71. The molecule has 0 fully saturated rings. The summed E-state index contributed by atoms with van der Waals surface area (Å²) >= 11 is 0. The standard InChI is InChI=1S/C19H21NO4/c1-13-14-7-4-5-8-15(14)24-12-11-20(13)19(21)18-16(22-2)9-6-10-17(18)23-3/h4-10,13H,11-12H2,1-3H3. The van der Waals surface area contributed by atoms with Crippen molar-refractivity contribution in [2.24, 2.45) is 0 Å². The van der Waals surface area contributed by atoms with Crippen LogP contribution in [0.5, 0.6) is 17.2 Å². The lowest BCUT2D eigenvalue weighted by Gasteiger charge is -2.28. The Morgan fingerprint density at radius 2 is 1.75 bits per heavy atom. The van der Waals surface area contributed by atoms with E-state index in [4.69, 9.17) is 14.2 Å². The molecule has 2 aromatic rings. The molecule has 0 aromatic heterocycles. The molecule has 0 bridgehead atoms. The average molecular weight is 327 g/mol. The van der Waals surface area contributed by atoms with Crippen molar-refractivity contribution in [3.05, 3.63) is 53.6 Å². The smallest absolute Gasteiger partial charge is 0.262 e. The van der Waals surface area contributed by atoms with Crippen molar-refractivity contribution in [3.63, 3.8) is 0 Å². The summed E-state index contributed by atoms with van der Waals surface area (Å²) < 4.78 is 16.5. The van der Waals surface area contributed by atoms with Crippen LogP contribution in [0.15, 0.2) is 42.5 Å². The highest BCUT2D eigenvalue weighted by Gasteiger charge is 2.30. The number of hydrogen-bond donors (Lipinski definition) is 0. The van der Waals surface area contributed by atoms with Gasteiger partial charge in [-0.3, -0.25) is 4.79 Å². The summed E-state index contributed by atoms with van der Waals surface area (Å²) in [7, 11) is 3.10. The van der Waals surface area contributed by atoms with Crippen molar-refractivity contribution in [2.45, 2.75) is 13.0 Å². The van der Waals surface area contributed by atoms with Crippen molar-refractivity contribution >= 4 is 5.91 Å².